The zero-order valence-corrected chi connectivity index (χ0v) is 7.31. The van der Waals surface area contributed by atoms with Crippen LogP contribution in [-0.2, 0) is 0 Å². The van der Waals surface area contributed by atoms with Gasteiger partial charge >= 0.3 is 0 Å². The number of rotatable bonds is 2. The van der Waals surface area contributed by atoms with Gasteiger partial charge in [-0.15, -0.1) is 0 Å². The fourth-order valence-electron chi connectivity index (χ4n) is 0.652. The van der Waals surface area contributed by atoms with E-state index < -0.39 is 0 Å². The van der Waals surface area contributed by atoms with Gasteiger partial charge in [-0.25, -0.2) is 9.37 Å². The first-order valence-corrected chi connectivity index (χ1v) is 4.29. The average Bonchev–Trinajstić information content (AvgIpc) is 2.09. The van der Waals surface area contributed by atoms with E-state index in [-0.39, 0.29) is 16.1 Å². The van der Waals surface area contributed by atoms with E-state index in [4.69, 9.17) is 5.26 Å². The summed E-state index contributed by atoms with van der Waals surface area (Å²) in [6.07, 6.45) is 1.51. The van der Waals surface area contributed by atoms with E-state index in [9.17, 15) is 4.39 Å². The molecule has 0 aromatic carbocycles. The van der Waals surface area contributed by atoms with E-state index in [0.717, 1.165) is 11.8 Å². The van der Waals surface area contributed by atoms with Crippen molar-refractivity contribution in [2.45, 2.75) is 17.2 Å². The minimum absolute atomic E-state index is 0.269. The number of nitrogens with zero attached hydrogens (tertiary/aromatic N) is 2. The molecule has 0 fully saturated rings. The predicted molar refractivity (Wildman–Crippen MR) is 45.1 cm³/mol. The van der Waals surface area contributed by atoms with Crippen LogP contribution in [0.15, 0.2) is 23.4 Å². The monoisotopic (exact) mass is 182 g/mol. The molecule has 0 amide bonds. The molecule has 1 rings (SSSR count). The molecule has 0 aliphatic carbocycles. The average molecular weight is 182 g/mol. The molecule has 0 aliphatic heterocycles. The van der Waals surface area contributed by atoms with Crippen molar-refractivity contribution in [1.29, 1.82) is 5.26 Å². The molecule has 0 saturated heterocycles. The molecule has 0 spiro atoms. The summed E-state index contributed by atoms with van der Waals surface area (Å²) in [6.45, 7) is 1.71. The maximum absolute atomic E-state index is 12.9. The summed E-state index contributed by atoms with van der Waals surface area (Å²) in [6, 6.07) is 4.85. The van der Waals surface area contributed by atoms with Crippen LogP contribution in [0, 0.1) is 17.1 Å². The number of hydrogen-bond acceptors (Lipinski definition) is 3. The van der Waals surface area contributed by atoms with E-state index in [1.165, 1.54) is 18.3 Å². The van der Waals surface area contributed by atoms with E-state index in [1.54, 1.807) is 6.92 Å². The lowest BCUT2D eigenvalue weighted by atomic mass is 10.5. The van der Waals surface area contributed by atoms with Gasteiger partial charge in [-0.3, -0.25) is 0 Å². The number of pyridine rings is 1. The second-order valence-corrected chi connectivity index (χ2v) is 3.51. The lowest BCUT2D eigenvalue weighted by Crippen LogP contribution is -1.93. The molecule has 1 heterocycles. The van der Waals surface area contributed by atoms with Gasteiger partial charge in [-0.1, -0.05) is 11.8 Å². The van der Waals surface area contributed by atoms with Crippen molar-refractivity contribution >= 4 is 11.8 Å². The first-order valence-electron chi connectivity index (χ1n) is 3.41. The lowest BCUT2D eigenvalue weighted by molar-refractivity contribution is 0.588. The van der Waals surface area contributed by atoms with Gasteiger partial charge < -0.3 is 0 Å². The Morgan fingerprint density at radius 1 is 1.75 bits per heavy atom. The zero-order valence-electron chi connectivity index (χ0n) is 6.49. The van der Waals surface area contributed by atoms with Crippen LogP contribution in [0.25, 0.3) is 0 Å². The van der Waals surface area contributed by atoms with E-state index >= 15 is 0 Å². The summed E-state index contributed by atoms with van der Waals surface area (Å²) in [5.41, 5.74) is 0. The summed E-state index contributed by atoms with van der Waals surface area (Å²) >= 11 is 1.12. The Morgan fingerprint density at radius 2 is 2.50 bits per heavy atom. The molecule has 2 nitrogen and oxygen atoms in total. The minimum Gasteiger partial charge on any atom is -0.247 e. The SMILES string of the molecule is C[C@H](C#N)Sc1ncccc1F. The van der Waals surface area contributed by atoms with Crippen molar-refractivity contribution in [3.63, 3.8) is 0 Å². The summed E-state index contributed by atoms with van der Waals surface area (Å²) in [4.78, 5) is 3.80. The van der Waals surface area contributed by atoms with Crippen molar-refractivity contribution in [2.24, 2.45) is 0 Å². The molecular formula is C8H7FN2S. The van der Waals surface area contributed by atoms with Crippen LogP contribution in [0.5, 0.6) is 0 Å². The van der Waals surface area contributed by atoms with Gasteiger partial charge in [0.2, 0.25) is 0 Å². The summed E-state index contributed by atoms with van der Waals surface area (Å²) in [5, 5.41) is 8.48. The Morgan fingerprint density at radius 3 is 3.08 bits per heavy atom. The molecule has 0 bridgehead atoms. The van der Waals surface area contributed by atoms with Crippen molar-refractivity contribution in [3.05, 3.63) is 24.1 Å². The second-order valence-electron chi connectivity index (χ2n) is 2.18. The van der Waals surface area contributed by atoms with Crippen LogP contribution in [0.3, 0.4) is 0 Å². The van der Waals surface area contributed by atoms with Crippen LogP contribution in [-0.4, -0.2) is 10.2 Å². The third kappa shape index (κ3) is 2.21. The molecule has 62 valence electrons. The first kappa shape index (κ1) is 9.01. The molecule has 0 N–H and O–H groups in total. The van der Waals surface area contributed by atoms with Gasteiger partial charge in [-0.2, -0.15) is 5.26 Å². The third-order valence-corrected chi connectivity index (χ3v) is 2.18. The van der Waals surface area contributed by atoms with Gasteiger partial charge in [-0.05, 0) is 19.1 Å². The highest BCUT2D eigenvalue weighted by Gasteiger charge is 2.07. The fraction of sp³-hybridized carbons (Fsp3) is 0.250. The topological polar surface area (TPSA) is 36.7 Å². The van der Waals surface area contributed by atoms with Crippen LogP contribution in [0.4, 0.5) is 4.39 Å². The highest BCUT2D eigenvalue weighted by atomic mass is 32.2. The van der Waals surface area contributed by atoms with Gasteiger partial charge in [0.15, 0.2) is 5.82 Å². The molecule has 0 unspecified atom stereocenters. The first-order chi connectivity index (χ1) is 5.74. The predicted octanol–water partition coefficient (Wildman–Crippen LogP) is 2.22. The molecule has 1 aromatic rings. The third-order valence-electron chi connectivity index (χ3n) is 1.19. The normalized spacial score (nSPS) is 12.1. The Bertz CT molecular complexity index is 308. The van der Waals surface area contributed by atoms with Gasteiger partial charge in [0.05, 0.1) is 11.3 Å². The minimum atomic E-state index is -0.371. The van der Waals surface area contributed by atoms with E-state index in [1.807, 2.05) is 6.07 Å². The number of thioether (sulfide) groups is 1. The van der Waals surface area contributed by atoms with E-state index in [0.29, 0.717) is 0 Å². The second kappa shape index (κ2) is 4.07. The van der Waals surface area contributed by atoms with Gasteiger partial charge in [0.25, 0.3) is 0 Å². The summed E-state index contributed by atoms with van der Waals surface area (Å²) in [5.74, 6) is -0.371. The molecule has 1 aromatic heterocycles. The Hall–Kier alpha value is -1.08. The standard InChI is InChI=1S/C8H7FN2S/c1-6(5-10)12-8-7(9)3-2-4-11-8/h2-4,6H,1H3/t6-/m1/s1. The smallest absolute Gasteiger partial charge is 0.155 e. The van der Waals surface area contributed by atoms with Crippen molar-refractivity contribution in [3.8, 4) is 6.07 Å². The van der Waals surface area contributed by atoms with Crippen molar-refractivity contribution in [2.75, 3.05) is 0 Å². The molecule has 0 radical (unpaired) electrons. The van der Waals surface area contributed by atoms with Crippen molar-refractivity contribution < 1.29 is 4.39 Å². The number of nitriles is 1. The Kier molecular flexibility index (Phi) is 3.06. The van der Waals surface area contributed by atoms with Gasteiger partial charge in [0, 0.05) is 6.20 Å². The van der Waals surface area contributed by atoms with E-state index in [2.05, 4.69) is 4.98 Å². The number of halogens is 1. The Labute approximate surface area is 74.4 Å². The molecule has 0 saturated carbocycles. The highest BCUT2D eigenvalue weighted by molar-refractivity contribution is 8.00. The summed E-state index contributed by atoms with van der Waals surface area (Å²) < 4.78 is 12.9. The summed E-state index contributed by atoms with van der Waals surface area (Å²) in [7, 11) is 0. The quantitative estimate of drug-likeness (QED) is 0.658. The van der Waals surface area contributed by atoms with Crippen LogP contribution in [0.2, 0.25) is 0 Å². The number of hydrogen-bond donors (Lipinski definition) is 0. The molecule has 4 heteroatoms. The Balaban J connectivity index is 2.77. The maximum Gasteiger partial charge on any atom is 0.155 e. The molecule has 0 aliphatic rings. The highest BCUT2D eigenvalue weighted by Crippen LogP contribution is 2.22. The number of aromatic nitrogens is 1. The largest absolute Gasteiger partial charge is 0.247 e. The lowest BCUT2D eigenvalue weighted by Gasteiger charge is -2.01. The van der Waals surface area contributed by atoms with Crippen LogP contribution < -0.4 is 0 Å². The zero-order chi connectivity index (χ0) is 8.97. The van der Waals surface area contributed by atoms with Gasteiger partial charge in [0.1, 0.15) is 5.03 Å². The van der Waals surface area contributed by atoms with Crippen LogP contribution >= 0.6 is 11.8 Å². The fourth-order valence-corrected chi connectivity index (χ4v) is 1.34. The molecule has 12 heavy (non-hydrogen) atoms. The van der Waals surface area contributed by atoms with Crippen molar-refractivity contribution in [1.82, 2.24) is 4.98 Å². The molecular weight excluding hydrogens is 175 g/mol. The maximum atomic E-state index is 12.9. The van der Waals surface area contributed by atoms with Crippen LogP contribution in [0.1, 0.15) is 6.92 Å². The molecule has 1 atom stereocenters.